The normalized spacial score (nSPS) is 15.6. The van der Waals surface area contributed by atoms with E-state index in [1.807, 2.05) is 31.2 Å². The molecule has 0 saturated carbocycles. The minimum Gasteiger partial charge on any atom is -0.439 e. The summed E-state index contributed by atoms with van der Waals surface area (Å²) in [4.78, 5) is 9.17. The quantitative estimate of drug-likeness (QED) is 0.398. The third-order valence-electron chi connectivity index (χ3n) is 6.31. The van der Waals surface area contributed by atoms with Crippen LogP contribution in [0, 0.1) is 0 Å². The van der Waals surface area contributed by atoms with Crippen LogP contribution >= 0.6 is 23.2 Å². The van der Waals surface area contributed by atoms with E-state index in [1.165, 1.54) is 18.2 Å². The lowest BCUT2D eigenvalue weighted by atomic mass is 10.0. The van der Waals surface area contributed by atoms with Gasteiger partial charge in [0.25, 0.3) is 0 Å². The van der Waals surface area contributed by atoms with Crippen molar-refractivity contribution in [3.05, 3.63) is 75.9 Å². The SMILES string of the molecule is CCc1c([C@@H](C)NS(=O)(=O)c2ccc(Cl)c(Cl)c2)ccnc1Oc1cccc(N2CCN(C)CC2)c1. The molecule has 7 nitrogen and oxygen atoms in total. The molecule has 1 aliphatic heterocycles. The van der Waals surface area contributed by atoms with Crippen LogP contribution in [0.3, 0.4) is 0 Å². The number of hydrogen-bond acceptors (Lipinski definition) is 6. The van der Waals surface area contributed by atoms with Gasteiger partial charge in [0, 0.05) is 55.7 Å². The first kappa shape index (κ1) is 26.7. The molecule has 1 aromatic heterocycles. The van der Waals surface area contributed by atoms with Crippen LogP contribution in [-0.4, -0.2) is 51.5 Å². The average molecular weight is 550 g/mol. The van der Waals surface area contributed by atoms with Crippen molar-refractivity contribution < 1.29 is 13.2 Å². The van der Waals surface area contributed by atoms with Crippen molar-refractivity contribution in [3.63, 3.8) is 0 Å². The zero-order valence-corrected chi connectivity index (χ0v) is 22.9. The number of likely N-dealkylation sites (N-methyl/N-ethyl adjacent to an activating group) is 1. The van der Waals surface area contributed by atoms with E-state index in [9.17, 15) is 8.42 Å². The van der Waals surface area contributed by atoms with E-state index in [-0.39, 0.29) is 9.92 Å². The molecule has 1 aliphatic rings. The van der Waals surface area contributed by atoms with Crippen molar-refractivity contribution in [1.82, 2.24) is 14.6 Å². The van der Waals surface area contributed by atoms with E-state index in [0.29, 0.717) is 23.1 Å². The van der Waals surface area contributed by atoms with Crippen molar-refractivity contribution in [3.8, 4) is 11.6 Å². The second-order valence-electron chi connectivity index (χ2n) is 8.85. The topological polar surface area (TPSA) is 74.8 Å². The molecular formula is C26H30Cl2N4O3S. The van der Waals surface area contributed by atoms with Gasteiger partial charge in [0.15, 0.2) is 0 Å². The van der Waals surface area contributed by atoms with Gasteiger partial charge in [0.2, 0.25) is 15.9 Å². The molecule has 2 aromatic carbocycles. The van der Waals surface area contributed by atoms with Gasteiger partial charge < -0.3 is 14.5 Å². The fourth-order valence-electron chi connectivity index (χ4n) is 4.26. The second-order valence-corrected chi connectivity index (χ2v) is 11.4. The van der Waals surface area contributed by atoms with Crippen molar-refractivity contribution in [1.29, 1.82) is 0 Å². The maximum Gasteiger partial charge on any atom is 0.241 e. The Morgan fingerprint density at radius 2 is 1.81 bits per heavy atom. The molecule has 10 heteroatoms. The summed E-state index contributed by atoms with van der Waals surface area (Å²) in [6.45, 7) is 7.75. The molecule has 0 bridgehead atoms. The molecule has 3 aromatic rings. The largest absolute Gasteiger partial charge is 0.439 e. The van der Waals surface area contributed by atoms with Crippen molar-refractivity contribution in [2.45, 2.75) is 31.2 Å². The number of piperazine rings is 1. The molecule has 1 saturated heterocycles. The molecule has 192 valence electrons. The predicted molar refractivity (Wildman–Crippen MR) is 145 cm³/mol. The van der Waals surface area contributed by atoms with Crippen LogP contribution < -0.4 is 14.4 Å². The summed E-state index contributed by atoms with van der Waals surface area (Å²) in [7, 11) is -1.70. The molecule has 36 heavy (non-hydrogen) atoms. The summed E-state index contributed by atoms with van der Waals surface area (Å²) in [5, 5.41) is 0.476. The summed E-state index contributed by atoms with van der Waals surface area (Å²) in [6, 6.07) is 13.5. The van der Waals surface area contributed by atoms with E-state index < -0.39 is 16.1 Å². The highest BCUT2D eigenvalue weighted by atomic mass is 35.5. The summed E-state index contributed by atoms with van der Waals surface area (Å²) in [5.41, 5.74) is 2.74. The standard InChI is InChI=1S/C26H30Cl2N4O3S/c1-4-22-23(18(2)30-36(33,34)21-8-9-24(27)25(28)17-21)10-11-29-26(22)35-20-7-5-6-19(16-20)32-14-12-31(3)13-15-32/h5-11,16-18,30H,4,12-15H2,1-3H3/t18-/m1/s1. The monoisotopic (exact) mass is 548 g/mol. The van der Waals surface area contributed by atoms with Crippen LogP contribution in [0.2, 0.25) is 10.0 Å². The van der Waals surface area contributed by atoms with Gasteiger partial charge in [-0.3, -0.25) is 0 Å². The Balaban J connectivity index is 1.55. The van der Waals surface area contributed by atoms with E-state index in [2.05, 4.69) is 32.6 Å². The van der Waals surface area contributed by atoms with E-state index >= 15 is 0 Å². The third kappa shape index (κ3) is 6.12. The zero-order valence-electron chi connectivity index (χ0n) is 20.5. The highest BCUT2D eigenvalue weighted by Gasteiger charge is 2.23. The lowest BCUT2D eigenvalue weighted by Gasteiger charge is -2.34. The number of pyridine rings is 1. The first-order valence-electron chi connectivity index (χ1n) is 11.8. The molecule has 0 aliphatic carbocycles. The van der Waals surface area contributed by atoms with Crippen LogP contribution in [0.15, 0.2) is 59.6 Å². The first-order valence-corrected chi connectivity index (χ1v) is 14.1. The fraction of sp³-hybridized carbons (Fsp3) is 0.346. The number of hydrogen-bond donors (Lipinski definition) is 1. The van der Waals surface area contributed by atoms with Gasteiger partial charge in [-0.15, -0.1) is 0 Å². The number of anilines is 1. The molecule has 0 spiro atoms. The van der Waals surface area contributed by atoms with Gasteiger partial charge in [-0.05, 0) is 62.4 Å². The van der Waals surface area contributed by atoms with Crippen LogP contribution in [0.1, 0.15) is 31.0 Å². The number of benzene rings is 2. The Labute approximate surface area is 223 Å². The lowest BCUT2D eigenvalue weighted by molar-refractivity contribution is 0.312. The number of aromatic nitrogens is 1. The Kier molecular flexibility index (Phi) is 8.42. The third-order valence-corrected chi connectivity index (χ3v) is 8.58. The average Bonchev–Trinajstić information content (AvgIpc) is 2.86. The number of halogens is 2. The molecule has 2 heterocycles. The van der Waals surface area contributed by atoms with Gasteiger partial charge in [0.05, 0.1) is 14.9 Å². The van der Waals surface area contributed by atoms with Crippen LogP contribution in [0.25, 0.3) is 0 Å². The fourth-order valence-corrected chi connectivity index (χ4v) is 5.88. The molecule has 0 radical (unpaired) electrons. The van der Waals surface area contributed by atoms with E-state index in [1.54, 1.807) is 13.1 Å². The number of rotatable bonds is 8. The number of nitrogens with zero attached hydrogens (tertiary/aromatic N) is 3. The molecule has 0 amide bonds. The van der Waals surface area contributed by atoms with Crippen molar-refractivity contribution >= 4 is 38.9 Å². The summed E-state index contributed by atoms with van der Waals surface area (Å²) in [6.07, 6.45) is 2.26. The number of sulfonamides is 1. The van der Waals surface area contributed by atoms with E-state index in [4.69, 9.17) is 27.9 Å². The first-order chi connectivity index (χ1) is 17.2. The van der Waals surface area contributed by atoms with Crippen LogP contribution in [-0.2, 0) is 16.4 Å². The Morgan fingerprint density at radius 1 is 1.06 bits per heavy atom. The number of nitrogens with one attached hydrogen (secondary N) is 1. The van der Waals surface area contributed by atoms with Gasteiger partial charge >= 0.3 is 0 Å². The minimum absolute atomic E-state index is 0.0491. The van der Waals surface area contributed by atoms with Gasteiger partial charge in [0.1, 0.15) is 5.75 Å². The molecular weight excluding hydrogens is 519 g/mol. The molecule has 0 unspecified atom stereocenters. The smallest absolute Gasteiger partial charge is 0.241 e. The predicted octanol–water partition coefficient (Wildman–Crippen LogP) is 5.53. The Hall–Kier alpha value is -2.36. The van der Waals surface area contributed by atoms with Crippen LogP contribution in [0.5, 0.6) is 11.6 Å². The molecule has 1 N–H and O–H groups in total. The summed E-state index contributed by atoms with van der Waals surface area (Å²) >= 11 is 12.0. The van der Waals surface area contributed by atoms with Crippen LogP contribution in [0.4, 0.5) is 5.69 Å². The highest BCUT2D eigenvalue weighted by molar-refractivity contribution is 7.89. The summed E-state index contributed by atoms with van der Waals surface area (Å²) < 4.78 is 35.0. The Morgan fingerprint density at radius 3 is 2.50 bits per heavy atom. The molecule has 4 rings (SSSR count). The summed E-state index contributed by atoms with van der Waals surface area (Å²) in [5.74, 6) is 1.15. The molecule has 1 atom stereocenters. The Bertz CT molecular complexity index is 1330. The zero-order chi connectivity index (χ0) is 25.9. The van der Waals surface area contributed by atoms with Crippen molar-refractivity contribution in [2.24, 2.45) is 0 Å². The minimum atomic E-state index is -3.83. The molecule has 1 fully saturated rings. The maximum atomic E-state index is 13.0. The highest BCUT2D eigenvalue weighted by Crippen LogP contribution is 2.32. The van der Waals surface area contributed by atoms with E-state index in [0.717, 1.165) is 43.0 Å². The van der Waals surface area contributed by atoms with Gasteiger partial charge in [-0.25, -0.2) is 18.1 Å². The second kappa shape index (κ2) is 11.4. The lowest BCUT2D eigenvalue weighted by Crippen LogP contribution is -2.44. The number of ether oxygens (including phenoxy) is 1. The van der Waals surface area contributed by atoms with Gasteiger partial charge in [-0.1, -0.05) is 36.2 Å². The maximum absolute atomic E-state index is 13.0. The van der Waals surface area contributed by atoms with Gasteiger partial charge in [-0.2, -0.15) is 0 Å². The van der Waals surface area contributed by atoms with Crippen molar-refractivity contribution in [2.75, 3.05) is 38.1 Å².